The highest BCUT2D eigenvalue weighted by Crippen LogP contribution is 2.18. The van der Waals surface area contributed by atoms with Gasteiger partial charge in [0.25, 0.3) is 0 Å². The number of hydrogen-bond acceptors (Lipinski definition) is 5. The molecular weight excluding hydrogens is 851 g/mol. The normalized spacial score (nSPS) is 12.7. The summed E-state index contributed by atoms with van der Waals surface area (Å²) in [7, 11) is 0. The van der Waals surface area contributed by atoms with E-state index in [9.17, 15) is 19.8 Å². The van der Waals surface area contributed by atoms with Crippen LogP contribution in [0.15, 0.2) is 24.3 Å². The van der Waals surface area contributed by atoms with Crippen molar-refractivity contribution in [3.8, 4) is 0 Å². The number of carbonyl (C=O) groups excluding carboxylic acids is 2. The molecule has 0 aromatic carbocycles. The molecule has 408 valence electrons. The molecule has 0 spiro atoms. The van der Waals surface area contributed by atoms with E-state index in [4.69, 9.17) is 4.74 Å². The van der Waals surface area contributed by atoms with Crippen molar-refractivity contribution in [2.24, 2.45) is 0 Å². The predicted molar refractivity (Wildman–Crippen MR) is 301 cm³/mol. The lowest BCUT2D eigenvalue weighted by Gasteiger charge is -2.22. The van der Waals surface area contributed by atoms with Crippen LogP contribution >= 0.6 is 0 Å². The van der Waals surface area contributed by atoms with Crippen LogP contribution in [-0.2, 0) is 14.3 Å². The number of aliphatic hydroxyl groups is 2. The fourth-order valence-electron chi connectivity index (χ4n) is 9.73. The standard InChI is InChI=1S/C63H121NO5/c1-3-5-7-9-11-13-15-17-18-30-33-37-41-45-49-53-57-63(68)69-58-54-50-46-42-38-34-31-28-26-24-22-20-19-21-23-25-27-29-32-36-40-44-48-52-56-62(67)64-60(59-65)61(66)55-51-47-43-39-35-16-14-12-10-8-6-4-2/h13,15,18,30,60-61,65-66H,3-12,14,16-17,19-29,31-59H2,1-2H3,(H,64,67)/b15-13-,30-18-. The Morgan fingerprint density at radius 1 is 0.406 bits per heavy atom. The molecule has 1 amide bonds. The van der Waals surface area contributed by atoms with Gasteiger partial charge in [-0.25, -0.2) is 0 Å². The van der Waals surface area contributed by atoms with Crippen LogP contribution in [0.4, 0.5) is 0 Å². The number of amides is 1. The quantitative estimate of drug-likeness (QED) is 0.0321. The molecule has 0 fully saturated rings. The van der Waals surface area contributed by atoms with Crippen LogP contribution in [0.1, 0.15) is 341 Å². The number of hydrogen-bond donors (Lipinski definition) is 3. The molecule has 0 aliphatic heterocycles. The van der Waals surface area contributed by atoms with Crippen molar-refractivity contribution in [2.45, 2.75) is 353 Å². The van der Waals surface area contributed by atoms with Gasteiger partial charge in [-0.15, -0.1) is 0 Å². The van der Waals surface area contributed by atoms with Gasteiger partial charge in [-0.3, -0.25) is 9.59 Å². The second-order valence-electron chi connectivity index (χ2n) is 21.4. The summed E-state index contributed by atoms with van der Waals surface area (Å²) in [6.45, 7) is 4.94. The Kier molecular flexibility index (Phi) is 57.5. The van der Waals surface area contributed by atoms with Crippen molar-refractivity contribution >= 4 is 11.9 Å². The minimum absolute atomic E-state index is 0.00226. The van der Waals surface area contributed by atoms with Crippen LogP contribution in [0.25, 0.3) is 0 Å². The summed E-state index contributed by atoms with van der Waals surface area (Å²) >= 11 is 0. The molecule has 69 heavy (non-hydrogen) atoms. The third-order valence-electron chi connectivity index (χ3n) is 14.5. The zero-order valence-electron chi connectivity index (χ0n) is 46.6. The molecule has 0 bridgehead atoms. The number of allylic oxidation sites excluding steroid dienone is 4. The molecule has 0 saturated carbocycles. The Labute approximate surface area is 431 Å². The number of rotatable bonds is 58. The summed E-state index contributed by atoms with van der Waals surface area (Å²) in [6.07, 6.45) is 71.9. The monoisotopic (exact) mass is 972 g/mol. The molecule has 0 aliphatic carbocycles. The van der Waals surface area contributed by atoms with E-state index in [-0.39, 0.29) is 18.5 Å². The molecule has 0 aromatic heterocycles. The number of nitrogens with one attached hydrogen (secondary N) is 1. The molecule has 3 N–H and O–H groups in total. The average Bonchev–Trinajstić information content (AvgIpc) is 3.35. The largest absolute Gasteiger partial charge is 0.466 e. The lowest BCUT2D eigenvalue weighted by atomic mass is 10.0. The van der Waals surface area contributed by atoms with Crippen LogP contribution in [0.3, 0.4) is 0 Å². The summed E-state index contributed by atoms with van der Waals surface area (Å²) in [4.78, 5) is 24.5. The maximum Gasteiger partial charge on any atom is 0.305 e. The molecule has 0 aliphatic rings. The Balaban J connectivity index is 3.35. The molecule has 0 saturated heterocycles. The first-order valence-electron chi connectivity index (χ1n) is 31.1. The molecule has 2 unspecified atom stereocenters. The maximum atomic E-state index is 12.5. The van der Waals surface area contributed by atoms with Crippen LogP contribution < -0.4 is 5.32 Å². The first-order valence-corrected chi connectivity index (χ1v) is 31.1. The maximum absolute atomic E-state index is 12.5. The van der Waals surface area contributed by atoms with Crippen molar-refractivity contribution in [3.05, 3.63) is 24.3 Å². The fourth-order valence-corrected chi connectivity index (χ4v) is 9.73. The Bertz CT molecular complexity index is 1080. The van der Waals surface area contributed by atoms with Crippen molar-refractivity contribution in [1.82, 2.24) is 5.32 Å². The molecule has 0 aromatic rings. The van der Waals surface area contributed by atoms with E-state index in [0.717, 1.165) is 51.4 Å². The lowest BCUT2D eigenvalue weighted by molar-refractivity contribution is -0.143. The molecule has 2 atom stereocenters. The number of ether oxygens (including phenoxy) is 1. The SMILES string of the molecule is CCCCCC/C=C\C/C=C\CCCCCCCC(=O)OCCCCCCCCCCCCCCCCCCCCCCCCCCC(=O)NC(CO)C(O)CCCCCCCCCCCCCC. The number of esters is 1. The van der Waals surface area contributed by atoms with E-state index in [0.29, 0.717) is 25.9 Å². The number of unbranched alkanes of at least 4 members (excludes halogenated alkanes) is 43. The molecule has 0 rings (SSSR count). The van der Waals surface area contributed by atoms with Crippen molar-refractivity contribution in [3.63, 3.8) is 0 Å². The summed E-state index contributed by atoms with van der Waals surface area (Å²) < 4.78 is 5.48. The van der Waals surface area contributed by atoms with E-state index in [2.05, 4.69) is 43.5 Å². The third kappa shape index (κ3) is 55.5. The number of carbonyl (C=O) groups is 2. The van der Waals surface area contributed by atoms with Gasteiger partial charge in [-0.1, -0.05) is 295 Å². The molecule has 0 heterocycles. The minimum Gasteiger partial charge on any atom is -0.466 e. The Morgan fingerprint density at radius 2 is 0.725 bits per heavy atom. The molecule has 6 nitrogen and oxygen atoms in total. The average molecular weight is 973 g/mol. The Morgan fingerprint density at radius 3 is 1.12 bits per heavy atom. The van der Waals surface area contributed by atoms with E-state index in [1.165, 1.54) is 257 Å². The first-order chi connectivity index (χ1) is 34.0. The van der Waals surface area contributed by atoms with Crippen LogP contribution in [-0.4, -0.2) is 47.4 Å². The summed E-state index contributed by atoms with van der Waals surface area (Å²) in [5.74, 6) is -0.0310. The second-order valence-corrected chi connectivity index (χ2v) is 21.4. The van der Waals surface area contributed by atoms with Gasteiger partial charge in [0.1, 0.15) is 0 Å². The van der Waals surface area contributed by atoms with E-state index in [1.54, 1.807) is 0 Å². The highest BCUT2D eigenvalue weighted by Gasteiger charge is 2.20. The highest BCUT2D eigenvalue weighted by molar-refractivity contribution is 5.76. The topological polar surface area (TPSA) is 95.9 Å². The van der Waals surface area contributed by atoms with Gasteiger partial charge in [0.15, 0.2) is 0 Å². The van der Waals surface area contributed by atoms with Crippen molar-refractivity contribution < 1.29 is 24.5 Å². The van der Waals surface area contributed by atoms with Gasteiger partial charge in [0, 0.05) is 12.8 Å². The molecular formula is C63H121NO5. The molecule has 0 radical (unpaired) electrons. The van der Waals surface area contributed by atoms with E-state index < -0.39 is 12.1 Å². The van der Waals surface area contributed by atoms with Gasteiger partial charge in [0.2, 0.25) is 5.91 Å². The summed E-state index contributed by atoms with van der Waals surface area (Å²) in [5, 5.41) is 23.2. The highest BCUT2D eigenvalue weighted by atomic mass is 16.5. The van der Waals surface area contributed by atoms with E-state index in [1.807, 2.05) is 0 Å². The zero-order chi connectivity index (χ0) is 50.0. The van der Waals surface area contributed by atoms with Crippen molar-refractivity contribution in [2.75, 3.05) is 13.2 Å². The first kappa shape index (κ1) is 67.3. The fraction of sp³-hybridized carbons (Fsp3) is 0.905. The van der Waals surface area contributed by atoms with Crippen LogP contribution in [0, 0.1) is 0 Å². The smallest absolute Gasteiger partial charge is 0.305 e. The van der Waals surface area contributed by atoms with Gasteiger partial charge in [-0.2, -0.15) is 0 Å². The van der Waals surface area contributed by atoms with Crippen molar-refractivity contribution in [1.29, 1.82) is 0 Å². The van der Waals surface area contributed by atoms with Crippen LogP contribution in [0.2, 0.25) is 0 Å². The van der Waals surface area contributed by atoms with Crippen LogP contribution in [0.5, 0.6) is 0 Å². The van der Waals surface area contributed by atoms with E-state index >= 15 is 0 Å². The second kappa shape index (κ2) is 58.9. The predicted octanol–water partition coefficient (Wildman–Crippen LogP) is 19.4. The lowest BCUT2D eigenvalue weighted by Crippen LogP contribution is -2.45. The zero-order valence-corrected chi connectivity index (χ0v) is 46.6. The van der Waals surface area contributed by atoms with Gasteiger partial charge >= 0.3 is 5.97 Å². The van der Waals surface area contributed by atoms with Gasteiger partial charge in [-0.05, 0) is 57.8 Å². The Hall–Kier alpha value is -1.66. The number of aliphatic hydroxyl groups excluding tert-OH is 2. The minimum atomic E-state index is -0.662. The third-order valence-corrected chi connectivity index (χ3v) is 14.5. The van der Waals surface area contributed by atoms with Gasteiger partial charge in [0.05, 0.1) is 25.4 Å². The molecule has 6 heteroatoms. The van der Waals surface area contributed by atoms with Gasteiger partial charge < -0.3 is 20.3 Å². The summed E-state index contributed by atoms with van der Waals surface area (Å²) in [5.41, 5.74) is 0. The summed E-state index contributed by atoms with van der Waals surface area (Å²) in [6, 6.07) is -0.539.